The van der Waals surface area contributed by atoms with Gasteiger partial charge < -0.3 is 5.11 Å². The summed E-state index contributed by atoms with van der Waals surface area (Å²) >= 11 is 1.66. The van der Waals surface area contributed by atoms with Crippen LogP contribution in [0.3, 0.4) is 0 Å². The minimum atomic E-state index is 0.361. The van der Waals surface area contributed by atoms with Crippen molar-refractivity contribution in [2.75, 3.05) is 0 Å². The van der Waals surface area contributed by atoms with Crippen molar-refractivity contribution in [3.63, 3.8) is 0 Å². The molecular weight excluding hydrogens is 252 g/mol. The molecule has 0 amide bonds. The summed E-state index contributed by atoms with van der Waals surface area (Å²) < 4.78 is 0. The van der Waals surface area contributed by atoms with Gasteiger partial charge in [0.1, 0.15) is 5.75 Å². The van der Waals surface area contributed by atoms with Gasteiger partial charge in [0.05, 0.1) is 4.90 Å². The van der Waals surface area contributed by atoms with Gasteiger partial charge in [0.2, 0.25) is 0 Å². The van der Waals surface area contributed by atoms with Crippen LogP contribution in [0.4, 0.5) is 0 Å². The van der Waals surface area contributed by atoms with E-state index in [0.717, 1.165) is 21.4 Å². The van der Waals surface area contributed by atoms with Crippen LogP contribution in [0.5, 0.6) is 5.75 Å². The molecule has 3 aromatic carbocycles. The van der Waals surface area contributed by atoms with Crippen LogP contribution in [0.1, 0.15) is 5.56 Å². The highest BCUT2D eigenvalue weighted by atomic mass is 32.2. The van der Waals surface area contributed by atoms with Crippen LogP contribution in [0.25, 0.3) is 10.8 Å². The number of hydrogen-bond donors (Lipinski definition) is 1. The van der Waals surface area contributed by atoms with Gasteiger partial charge in [0, 0.05) is 5.75 Å². The van der Waals surface area contributed by atoms with E-state index in [1.165, 1.54) is 5.56 Å². The molecule has 0 bridgehead atoms. The molecule has 2 heteroatoms. The number of aromatic hydroxyl groups is 1. The molecule has 0 aliphatic heterocycles. The van der Waals surface area contributed by atoms with Crippen molar-refractivity contribution >= 4 is 22.5 Å². The fraction of sp³-hybridized carbons (Fsp3) is 0.0588. The van der Waals surface area contributed by atoms with Crippen LogP contribution in [0.15, 0.2) is 71.6 Å². The zero-order valence-electron chi connectivity index (χ0n) is 10.4. The third kappa shape index (κ3) is 2.74. The fourth-order valence-corrected chi connectivity index (χ4v) is 2.99. The largest absolute Gasteiger partial charge is 0.507 e. The van der Waals surface area contributed by atoms with E-state index >= 15 is 0 Å². The van der Waals surface area contributed by atoms with Gasteiger partial charge in [0.15, 0.2) is 0 Å². The molecule has 0 fully saturated rings. The number of benzene rings is 3. The van der Waals surface area contributed by atoms with E-state index in [1.807, 2.05) is 42.5 Å². The van der Waals surface area contributed by atoms with Crippen molar-refractivity contribution in [1.29, 1.82) is 0 Å². The molecule has 0 atom stereocenters. The van der Waals surface area contributed by atoms with Gasteiger partial charge in [-0.05, 0) is 28.5 Å². The third-order valence-electron chi connectivity index (χ3n) is 3.06. The Hall–Kier alpha value is -1.93. The Balaban J connectivity index is 1.86. The summed E-state index contributed by atoms with van der Waals surface area (Å²) in [5, 5.41) is 12.3. The predicted molar refractivity (Wildman–Crippen MR) is 81.6 cm³/mol. The molecule has 0 aliphatic carbocycles. The maximum absolute atomic E-state index is 10.1. The van der Waals surface area contributed by atoms with Gasteiger partial charge in [-0.25, -0.2) is 0 Å². The number of rotatable bonds is 3. The lowest BCUT2D eigenvalue weighted by Gasteiger charge is -2.07. The van der Waals surface area contributed by atoms with Crippen LogP contribution in [-0.2, 0) is 5.75 Å². The Morgan fingerprint density at radius 3 is 2.16 bits per heavy atom. The highest BCUT2D eigenvalue weighted by molar-refractivity contribution is 7.98. The lowest BCUT2D eigenvalue weighted by Crippen LogP contribution is -1.81. The minimum absolute atomic E-state index is 0.361. The van der Waals surface area contributed by atoms with Crippen LogP contribution in [0.2, 0.25) is 0 Å². The first-order valence-electron chi connectivity index (χ1n) is 6.21. The summed E-state index contributed by atoms with van der Waals surface area (Å²) in [6.45, 7) is 0. The molecule has 3 aromatic rings. The van der Waals surface area contributed by atoms with E-state index < -0.39 is 0 Å². The van der Waals surface area contributed by atoms with Gasteiger partial charge >= 0.3 is 0 Å². The zero-order chi connectivity index (χ0) is 13.1. The van der Waals surface area contributed by atoms with Crippen LogP contribution < -0.4 is 0 Å². The number of thioether (sulfide) groups is 1. The molecule has 0 saturated carbocycles. The van der Waals surface area contributed by atoms with Crippen molar-refractivity contribution in [2.45, 2.75) is 10.6 Å². The molecule has 0 saturated heterocycles. The van der Waals surface area contributed by atoms with Crippen LogP contribution >= 0.6 is 11.8 Å². The first kappa shape index (κ1) is 12.1. The van der Waals surface area contributed by atoms with E-state index in [1.54, 1.807) is 11.8 Å². The summed E-state index contributed by atoms with van der Waals surface area (Å²) in [5.74, 6) is 1.23. The molecule has 94 valence electrons. The maximum atomic E-state index is 10.1. The highest BCUT2D eigenvalue weighted by Gasteiger charge is 2.04. The van der Waals surface area contributed by atoms with Gasteiger partial charge in [-0.15, -0.1) is 11.8 Å². The average Bonchev–Trinajstić information content (AvgIpc) is 2.46. The lowest BCUT2D eigenvalue weighted by atomic mass is 10.1. The SMILES string of the molecule is Oc1cc2ccccc2cc1SCc1ccccc1. The standard InChI is InChI=1S/C17H14OS/c18-16-10-14-8-4-5-9-15(14)11-17(16)19-12-13-6-2-1-3-7-13/h1-11,18H,12H2. The van der Waals surface area contributed by atoms with E-state index in [-0.39, 0.29) is 0 Å². The molecule has 19 heavy (non-hydrogen) atoms. The average molecular weight is 266 g/mol. The van der Waals surface area contributed by atoms with Crippen LogP contribution in [-0.4, -0.2) is 5.11 Å². The Bertz CT molecular complexity index is 692. The molecule has 1 nitrogen and oxygen atoms in total. The minimum Gasteiger partial charge on any atom is -0.507 e. The molecule has 1 N–H and O–H groups in total. The monoisotopic (exact) mass is 266 g/mol. The summed E-state index contributed by atoms with van der Waals surface area (Å²) in [4.78, 5) is 0.933. The third-order valence-corrected chi connectivity index (χ3v) is 4.18. The van der Waals surface area contributed by atoms with Crippen molar-refractivity contribution in [3.05, 3.63) is 72.3 Å². The molecule has 0 radical (unpaired) electrons. The number of fused-ring (bicyclic) bond motifs is 1. The molecule has 3 rings (SSSR count). The molecule has 0 spiro atoms. The molecule has 0 aliphatic rings. The Morgan fingerprint density at radius 2 is 1.42 bits per heavy atom. The van der Waals surface area contributed by atoms with Gasteiger partial charge in [0.25, 0.3) is 0 Å². The summed E-state index contributed by atoms with van der Waals surface area (Å²) in [6, 6.07) is 22.3. The Kier molecular flexibility index (Phi) is 3.43. The fourth-order valence-electron chi connectivity index (χ4n) is 2.06. The quantitative estimate of drug-likeness (QED) is 0.685. The number of phenolic OH excluding ortho intramolecular Hbond substituents is 1. The maximum Gasteiger partial charge on any atom is 0.129 e. The number of phenols is 1. The highest BCUT2D eigenvalue weighted by Crippen LogP contribution is 2.34. The molecule has 0 heterocycles. The molecule has 0 unspecified atom stereocenters. The zero-order valence-corrected chi connectivity index (χ0v) is 11.2. The van der Waals surface area contributed by atoms with Crippen molar-refractivity contribution < 1.29 is 5.11 Å². The van der Waals surface area contributed by atoms with E-state index in [2.05, 4.69) is 24.3 Å². The van der Waals surface area contributed by atoms with Crippen molar-refractivity contribution in [2.24, 2.45) is 0 Å². The Morgan fingerprint density at radius 1 is 0.789 bits per heavy atom. The number of hydrogen-bond acceptors (Lipinski definition) is 2. The van der Waals surface area contributed by atoms with Crippen molar-refractivity contribution in [3.8, 4) is 5.75 Å². The van der Waals surface area contributed by atoms with Gasteiger partial charge in [-0.2, -0.15) is 0 Å². The molecule has 0 aromatic heterocycles. The summed E-state index contributed by atoms with van der Waals surface area (Å²) in [5.41, 5.74) is 1.26. The smallest absolute Gasteiger partial charge is 0.129 e. The first-order valence-corrected chi connectivity index (χ1v) is 7.20. The first-order chi connectivity index (χ1) is 9.33. The normalized spacial score (nSPS) is 10.7. The summed E-state index contributed by atoms with van der Waals surface area (Å²) in [7, 11) is 0. The lowest BCUT2D eigenvalue weighted by molar-refractivity contribution is 0.463. The topological polar surface area (TPSA) is 20.2 Å². The van der Waals surface area contributed by atoms with Crippen molar-refractivity contribution in [1.82, 2.24) is 0 Å². The second-order valence-corrected chi connectivity index (χ2v) is 5.46. The van der Waals surface area contributed by atoms with Crippen LogP contribution in [0, 0.1) is 0 Å². The van der Waals surface area contributed by atoms with Gasteiger partial charge in [-0.3, -0.25) is 0 Å². The van der Waals surface area contributed by atoms with Gasteiger partial charge in [-0.1, -0.05) is 54.6 Å². The predicted octanol–water partition coefficient (Wildman–Crippen LogP) is 4.84. The second kappa shape index (κ2) is 5.37. The van der Waals surface area contributed by atoms with E-state index in [9.17, 15) is 5.11 Å². The van der Waals surface area contributed by atoms with E-state index in [0.29, 0.717) is 5.75 Å². The van der Waals surface area contributed by atoms with E-state index in [4.69, 9.17) is 0 Å². The second-order valence-electron chi connectivity index (χ2n) is 4.44. The molecular formula is C17H14OS. The summed E-state index contributed by atoms with van der Waals surface area (Å²) in [6.07, 6.45) is 0. The Labute approximate surface area is 116 Å².